The van der Waals surface area contributed by atoms with Crippen molar-refractivity contribution in [2.75, 3.05) is 13.6 Å². The van der Waals surface area contributed by atoms with E-state index in [9.17, 15) is 9.59 Å². The maximum atomic E-state index is 12.3. The first kappa shape index (κ1) is 20.2. The largest absolute Gasteiger partial charge is 0.476 e. The van der Waals surface area contributed by atoms with Gasteiger partial charge in [-0.15, -0.1) is 0 Å². The fourth-order valence-corrected chi connectivity index (χ4v) is 2.93. The van der Waals surface area contributed by atoms with Gasteiger partial charge in [0.2, 0.25) is 0 Å². The summed E-state index contributed by atoms with van der Waals surface area (Å²) in [4.78, 5) is 32.3. The van der Waals surface area contributed by atoms with Crippen molar-refractivity contribution in [2.45, 2.75) is 25.7 Å². The van der Waals surface area contributed by atoms with Crippen molar-refractivity contribution in [3.8, 4) is 11.3 Å². The second-order valence-corrected chi connectivity index (χ2v) is 6.77. The summed E-state index contributed by atoms with van der Waals surface area (Å²) in [5, 5.41) is 16.3. The second kappa shape index (κ2) is 9.59. The number of carboxylic acids is 1. The number of unbranched alkanes of at least 4 members (excludes halogenated alkanes) is 2. The SMILES string of the molecule is CN(CCCCCc1cc(-c2ccccc2)n[nH]1)C(=O)c1cnc(C(=O)O)cn1. The van der Waals surface area contributed by atoms with Crippen LogP contribution in [0.2, 0.25) is 0 Å². The van der Waals surface area contributed by atoms with Crippen LogP contribution >= 0.6 is 0 Å². The van der Waals surface area contributed by atoms with Gasteiger partial charge in [-0.3, -0.25) is 9.89 Å². The molecule has 1 aromatic carbocycles. The van der Waals surface area contributed by atoms with Gasteiger partial charge in [-0.1, -0.05) is 36.8 Å². The minimum atomic E-state index is -1.17. The number of amides is 1. The predicted octanol–water partition coefficient (Wildman–Crippen LogP) is 3.05. The molecule has 3 aromatic rings. The number of nitrogens with one attached hydrogen (secondary N) is 1. The maximum Gasteiger partial charge on any atom is 0.356 e. The quantitative estimate of drug-likeness (QED) is 0.540. The number of nitrogens with zero attached hydrogens (tertiary/aromatic N) is 4. The van der Waals surface area contributed by atoms with Crippen LogP contribution in [0.25, 0.3) is 11.3 Å². The van der Waals surface area contributed by atoms with Gasteiger partial charge in [-0.2, -0.15) is 5.10 Å². The van der Waals surface area contributed by atoms with Crippen LogP contribution in [0.3, 0.4) is 0 Å². The average molecular weight is 393 g/mol. The van der Waals surface area contributed by atoms with Gasteiger partial charge < -0.3 is 10.0 Å². The molecule has 2 heterocycles. The van der Waals surface area contributed by atoms with Crippen molar-refractivity contribution in [3.63, 3.8) is 0 Å². The van der Waals surface area contributed by atoms with Gasteiger partial charge in [0.25, 0.3) is 5.91 Å². The molecule has 2 N–H and O–H groups in total. The van der Waals surface area contributed by atoms with Crippen LogP contribution in [-0.4, -0.2) is 55.6 Å². The van der Waals surface area contributed by atoms with Crippen LogP contribution in [0.15, 0.2) is 48.8 Å². The molecule has 29 heavy (non-hydrogen) atoms. The zero-order valence-corrected chi connectivity index (χ0v) is 16.2. The molecular formula is C21H23N5O3. The molecule has 0 spiro atoms. The van der Waals surface area contributed by atoms with Gasteiger partial charge in [-0.05, 0) is 25.3 Å². The Balaban J connectivity index is 1.39. The highest BCUT2D eigenvalue weighted by Gasteiger charge is 2.14. The fraction of sp³-hybridized carbons (Fsp3) is 0.286. The molecule has 150 valence electrons. The Morgan fingerprint density at radius 2 is 1.76 bits per heavy atom. The highest BCUT2D eigenvalue weighted by molar-refractivity contribution is 5.92. The molecule has 0 atom stereocenters. The molecule has 2 aromatic heterocycles. The van der Waals surface area contributed by atoms with Crippen LogP contribution in [0.4, 0.5) is 0 Å². The number of aryl methyl sites for hydroxylation is 1. The molecule has 0 aliphatic rings. The monoisotopic (exact) mass is 393 g/mol. The molecule has 0 saturated heterocycles. The number of hydrogen-bond donors (Lipinski definition) is 2. The van der Waals surface area contributed by atoms with Crippen LogP contribution < -0.4 is 0 Å². The average Bonchev–Trinajstić information content (AvgIpc) is 3.22. The van der Waals surface area contributed by atoms with Crippen LogP contribution in [0.1, 0.15) is 45.9 Å². The first-order valence-corrected chi connectivity index (χ1v) is 9.45. The Morgan fingerprint density at radius 1 is 1.03 bits per heavy atom. The highest BCUT2D eigenvalue weighted by atomic mass is 16.4. The van der Waals surface area contributed by atoms with E-state index in [1.54, 1.807) is 11.9 Å². The molecule has 0 bridgehead atoms. The Bertz CT molecular complexity index is 954. The van der Waals surface area contributed by atoms with E-state index in [1.165, 1.54) is 6.20 Å². The number of carbonyl (C=O) groups excluding carboxylic acids is 1. The number of carboxylic acid groups (broad SMARTS) is 1. The van der Waals surface area contributed by atoms with E-state index in [1.807, 2.05) is 30.3 Å². The van der Waals surface area contributed by atoms with Crippen molar-refractivity contribution < 1.29 is 14.7 Å². The third kappa shape index (κ3) is 5.47. The van der Waals surface area contributed by atoms with E-state index >= 15 is 0 Å². The number of carbonyl (C=O) groups is 2. The lowest BCUT2D eigenvalue weighted by atomic mass is 10.1. The standard InChI is InChI=1S/C21H23N5O3/c1-26(20(27)18-13-23-19(14-22-18)21(28)29)11-7-3-6-10-16-12-17(25-24-16)15-8-4-2-5-9-15/h2,4-5,8-9,12-14H,3,6-7,10-11H2,1H3,(H,24,25)(H,28,29). The van der Waals surface area contributed by atoms with Crippen molar-refractivity contribution in [1.82, 2.24) is 25.1 Å². The van der Waals surface area contributed by atoms with Gasteiger partial charge in [0, 0.05) is 24.8 Å². The fourth-order valence-electron chi connectivity index (χ4n) is 2.93. The lowest BCUT2D eigenvalue weighted by Crippen LogP contribution is -2.28. The van der Waals surface area contributed by atoms with Crippen molar-refractivity contribution in [1.29, 1.82) is 0 Å². The Labute approximate surface area is 168 Å². The highest BCUT2D eigenvalue weighted by Crippen LogP contribution is 2.18. The molecular weight excluding hydrogens is 370 g/mol. The molecule has 0 fully saturated rings. The number of hydrogen-bond acceptors (Lipinski definition) is 5. The van der Waals surface area contributed by atoms with E-state index in [0.29, 0.717) is 6.54 Å². The van der Waals surface area contributed by atoms with Gasteiger partial charge >= 0.3 is 5.97 Å². The zero-order valence-electron chi connectivity index (χ0n) is 16.2. The lowest BCUT2D eigenvalue weighted by molar-refractivity contribution is 0.0687. The molecule has 0 saturated carbocycles. The smallest absolute Gasteiger partial charge is 0.356 e. The zero-order chi connectivity index (χ0) is 20.6. The summed E-state index contributed by atoms with van der Waals surface area (Å²) in [5.74, 6) is -1.44. The third-order valence-electron chi connectivity index (χ3n) is 4.58. The van der Waals surface area contributed by atoms with Gasteiger partial charge in [0.05, 0.1) is 18.1 Å². The summed E-state index contributed by atoms with van der Waals surface area (Å²) in [6.45, 7) is 0.597. The Hall–Kier alpha value is -3.55. The first-order chi connectivity index (χ1) is 14.0. The number of aromatic carboxylic acids is 1. The molecule has 0 unspecified atom stereocenters. The Kier molecular flexibility index (Phi) is 6.67. The minimum absolute atomic E-state index is 0.142. The number of rotatable bonds is 9. The summed E-state index contributed by atoms with van der Waals surface area (Å²) in [7, 11) is 1.70. The minimum Gasteiger partial charge on any atom is -0.476 e. The molecule has 3 rings (SSSR count). The molecule has 0 aliphatic carbocycles. The van der Waals surface area contributed by atoms with E-state index < -0.39 is 5.97 Å². The molecule has 1 amide bonds. The summed E-state index contributed by atoms with van der Waals surface area (Å²) in [5.41, 5.74) is 3.10. The van der Waals surface area contributed by atoms with Crippen molar-refractivity contribution in [2.24, 2.45) is 0 Å². The Morgan fingerprint density at radius 3 is 2.45 bits per heavy atom. The summed E-state index contributed by atoms with van der Waals surface area (Å²) >= 11 is 0. The number of H-pyrrole nitrogens is 1. The van der Waals surface area contributed by atoms with Crippen LogP contribution in [0.5, 0.6) is 0 Å². The summed E-state index contributed by atoms with van der Waals surface area (Å²) in [6.07, 6.45) is 6.02. The van der Waals surface area contributed by atoms with Crippen molar-refractivity contribution in [3.05, 3.63) is 65.9 Å². The number of benzene rings is 1. The second-order valence-electron chi connectivity index (χ2n) is 6.77. The maximum absolute atomic E-state index is 12.3. The summed E-state index contributed by atoms with van der Waals surface area (Å²) < 4.78 is 0. The lowest BCUT2D eigenvalue weighted by Gasteiger charge is -2.16. The molecule has 0 aliphatic heterocycles. The number of aromatic amines is 1. The van der Waals surface area contributed by atoms with Gasteiger partial charge in [0.1, 0.15) is 5.69 Å². The van der Waals surface area contributed by atoms with Gasteiger partial charge in [0.15, 0.2) is 5.69 Å². The number of aromatic nitrogens is 4. The van der Waals surface area contributed by atoms with E-state index in [-0.39, 0.29) is 17.3 Å². The topological polar surface area (TPSA) is 112 Å². The van der Waals surface area contributed by atoms with Crippen LogP contribution in [-0.2, 0) is 6.42 Å². The van der Waals surface area contributed by atoms with E-state index in [2.05, 4.69) is 26.2 Å². The molecule has 0 radical (unpaired) electrons. The van der Waals surface area contributed by atoms with E-state index in [4.69, 9.17) is 5.11 Å². The van der Waals surface area contributed by atoms with Crippen LogP contribution in [0, 0.1) is 0 Å². The molecule has 8 nitrogen and oxygen atoms in total. The first-order valence-electron chi connectivity index (χ1n) is 9.45. The van der Waals surface area contributed by atoms with Crippen molar-refractivity contribution >= 4 is 11.9 Å². The van der Waals surface area contributed by atoms with Gasteiger partial charge in [-0.25, -0.2) is 14.8 Å². The normalized spacial score (nSPS) is 10.7. The predicted molar refractivity (Wildman–Crippen MR) is 108 cm³/mol. The summed E-state index contributed by atoms with van der Waals surface area (Å²) in [6, 6.07) is 12.1. The molecule has 8 heteroatoms. The van der Waals surface area contributed by atoms with E-state index in [0.717, 1.165) is 48.8 Å². The third-order valence-corrected chi connectivity index (χ3v) is 4.58.